The number of fused-ring (bicyclic) bond motifs is 1. The summed E-state index contributed by atoms with van der Waals surface area (Å²) < 4.78 is 21.4. The second kappa shape index (κ2) is 11.2. The molecule has 2 aliphatic heterocycles. The maximum Gasteiger partial charge on any atom is 0.242 e. The first-order valence-electron chi connectivity index (χ1n) is 13.3. The summed E-state index contributed by atoms with van der Waals surface area (Å²) in [6, 6.07) is 23.6. The molecular formula is C31H29FN4O3S. The number of carbonyl (C=O) groups excluding carboxylic acids is 2. The minimum atomic E-state index is -0.370. The lowest BCUT2D eigenvalue weighted by Gasteiger charge is -2.25. The van der Waals surface area contributed by atoms with Gasteiger partial charge in [0.05, 0.1) is 29.5 Å². The van der Waals surface area contributed by atoms with E-state index in [0.29, 0.717) is 36.0 Å². The summed E-state index contributed by atoms with van der Waals surface area (Å²) in [6.07, 6.45) is 1.92. The van der Waals surface area contributed by atoms with Crippen LogP contribution in [0.5, 0.6) is 5.75 Å². The fourth-order valence-corrected chi connectivity index (χ4v) is 6.64. The van der Waals surface area contributed by atoms with Gasteiger partial charge in [-0.05, 0) is 43.2 Å². The lowest BCUT2D eigenvalue weighted by molar-refractivity contribution is -0.130. The van der Waals surface area contributed by atoms with E-state index in [-0.39, 0.29) is 35.2 Å². The molecule has 204 valence electrons. The topological polar surface area (TPSA) is 67.7 Å². The Hall–Kier alpha value is -4.11. The van der Waals surface area contributed by atoms with Crippen LogP contribution in [0.15, 0.2) is 78.9 Å². The summed E-state index contributed by atoms with van der Waals surface area (Å²) in [5.41, 5.74) is 3.88. The number of halogens is 1. The third-order valence-electron chi connectivity index (χ3n) is 7.38. The maximum absolute atomic E-state index is 14.0. The van der Waals surface area contributed by atoms with E-state index in [1.807, 2.05) is 59.5 Å². The Balaban J connectivity index is 1.62. The second-order valence-electron chi connectivity index (χ2n) is 9.84. The number of benzene rings is 3. The van der Waals surface area contributed by atoms with Crippen molar-refractivity contribution in [3.63, 3.8) is 0 Å². The Morgan fingerprint density at radius 1 is 1.00 bits per heavy atom. The minimum Gasteiger partial charge on any atom is -0.496 e. The summed E-state index contributed by atoms with van der Waals surface area (Å²) in [6.45, 7) is 1.30. The fraction of sp³-hybridized carbons (Fsp3) is 0.258. The van der Waals surface area contributed by atoms with Crippen molar-refractivity contribution >= 4 is 29.4 Å². The molecule has 6 rings (SSSR count). The Morgan fingerprint density at radius 3 is 2.42 bits per heavy atom. The smallest absolute Gasteiger partial charge is 0.242 e. The Labute approximate surface area is 236 Å². The van der Waals surface area contributed by atoms with Gasteiger partial charge in [-0.1, -0.05) is 48.5 Å². The molecule has 2 aliphatic rings. The predicted molar refractivity (Wildman–Crippen MR) is 154 cm³/mol. The van der Waals surface area contributed by atoms with Gasteiger partial charge in [0.2, 0.25) is 11.8 Å². The first-order chi connectivity index (χ1) is 19.5. The molecule has 4 aromatic rings. The number of methoxy groups -OCH3 is 1. The van der Waals surface area contributed by atoms with Crippen LogP contribution in [0.3, 0.4) is 0 Å². The molecule has 0 saturated carbocycles. The van der Waals surface area contributed by atoms with Gasteiger partial charge in [0.25, 0.3) is 0 Å². The van der Waals surface area contributed by atoms with E-state index in [0.717, 1.165) is 29.5 Å². The quantitative estimate of drug-likeness (QED) is 0.315. The molecule has 9 heteroatoms. The first kappa shape index (κ1) is 26.1. The van der Waals surface area contributed by atoms with Crippen molar-refractivity contribution < 1.29 is 18.7 Å². The predicted octanol–water partition coefficient (Wildman–Crippen LogP) is 5.48. The van der Waals surface area contributed by atoms with E-state index < -0.39 is 0 Å². The van der Waals surface area contributed by atoms with Crippen molar-refractivity contribution in [2.24, 2.45) is 0 Å². The first-order valence-corrected chi connectivity index (χ1v) is 14.4. The lowest BCUT2D eigenvalue weighted by atomic mass is 9.99. The van der Waals surface area contributed by atoms with E-state index in [1.165, 1.54) is 23.9 Å². The molecular weight excluding hydrogens is 527 g/mol. The number of hydrogen-bond donors (Lipinski definition) is 0. The molecule has 0 radical (unpaired) electrons. The molecule has 3 heterocycles. The van der Waals surface area contributed by atoms with Gasteiger partial charge in [-0.2, -0.15) is 5.10 Å². The average molecular weight is 557 g/mol. The van der Waals surface area contributed by atoms with Crippen LogP contribution in [0.25, 0.3) is 16.9 Å². The number of aromatic nitrogens is 2. The molecule has 3 aromatic carbocycles. The standard InChI is InChI=1S/C31H29FN4O3S/c1-39-25-12-6-5-11-24(25)30-28-29(21-9-3-2-4-10-21)33-36(23-15-13-22(32)14-16-23)31(28)35(27(38)20-40-30)19-26(37)34-17-7-8-18-34/h2-6,9-16,30H,7-8,17-20H2,1H3/t30-/m0/s1. The van der Waals surface area contributed by atoms with Crippen molar-refractivity contribution in [2.75, 3.05) is 37.4 Å². The van der Waals surface area contributed by atoms with Crippen LogP contribution >= 0.6 is 11.8 Å². The fourth-order valence-electron chi connectivity index (χ4n) is 5.42. The van der Waals surface area contributed by atoms with Gasteiger partial charge >= 0.3 is 0 Å². The summed E-state index contributed by atoms with van der Waals surface area (Å²) in [4.78, 5) is 30.7. The number of ether oxygens (including phenoxy) is 1. The molecule has 0 aliphatic carbocycles. The van der Waals surface area contributed by atoms with Gasteiger partial charge in [0.1, 0.15) is 23.9 Å². The number of anilines is 1. The van der Waals surface area contributed by atoms with Gasteiger partial charge in [-0.15, -0.1) is 11.8 Å². The van der Waals surface area contributed by atoms with Gasteiger partial charge < -0.3 is 9.64 Å². The third kappa shape index (κ3) is 4.86. The average Bonchev–Trinajstić information content (AvgIpc) is 3.64. The number of nitrogens with zero attached hydrogens (tertiary/aromatic N) is 4. The highest BCUT2D eigenvalue weighted by molar-refractivity contribution is 8.00. The summed E-state index contributed by atoms with van der Waals surface area (Å²) in [5, 5.41) is 4.73. The van der Waals surface area contributed by atoms with Crippen LogP contribution < -0.4 is 9.64 Å². The van der Waals surface area contributed by atoms with Crippen LogP contribution in [0.1, 0.15) is 29.2 Å². The van der Waals surface area contributed by atoms with E-state index in [1.54, 1.807) is 28.8 Å². The zero-order chi connectivity index (χ0) is 27.6. The Bertz CT molecular complexity index is 1530. The van der Waals surface area contributed by atoms with E-state index >= 15 is 0 Å². The number of amides is 2. The van der Waals surface area contributed by atoms with Crippen LogP contribution in [-0.2, 0) is 9.59 Å². The van der Waals surface area contributed by atoms with E-state index in [9.17, 15) is 14.0 Å². The van der Waals surface area contributed by atoms with Crippen LogP contribution in [0.4, 0.5) is 10.2 Å². The SMILES string of the molecule is COc1ccccc1[C@@H]1SCC(=O)N(CC(=O)N2CCCC2)c2c1c(-c1ccccc1)nn2-c1ccc(F)cc1. The van der Waals surface area contributed by atoms with Gasteiger partial charge in [0.15, 0.2) is 0 Å². The van der Waals surface area contributed by atoms with Crippen LogP contribution in [0, 0.1) is 5.82 Å². The van der Waals surface area contributed by atoms with Crippen LogP contribution in [-0.4, -0.2) is 59.0 Å². The normalized spacial score (nSPS) is 17.1. The molecule has 1 fully saturated rings. The number of thioether (sulfide) groups is 1. The molecule has 2 amide bonds. The molecule has 7 nitrogen and oxygen atoms in total. The monoisotopic (exact) mass is 556 g/mol. The third-order valence-corrected chi connectivity index (χ3v) is 8.62. The zero-order valence-electron chi connectivity index (χ0n) is 22.1. The highest BCUT2D eigenvalue weighted by atomic mass is 32.2. The van der Waals surface area contributed by atoms with Crippen molar-refractivity contribution in [1.29, 1.82) is 0 Å². The molecule has 0 bridgehead atoms. The highest BCUT2D eigenvalue weighted by Crippen LogP contribution is 2.50. The number of carbonyl (C=O) groups is 2. The number of hydrogen-bond acceptors (Lipinski definition) is 5. The molecule has 1 atom stereocenters. The Morgan fingerprint density at radius 2 is 1.70 bits per heavy atom. The van der Waals surface area contributed by atoms with E-state index in [4.69, 9.17) is 9.84 Å². The number of likely N-dealkylation sites (tertiary alicyclic amines) is 1. The summed E-state index contributed by atoms with van der Waals surface area (Å²) in [7, 11) is 1.63. The van der Waals surface area contributed by atoms with E-state index in [2.05, 4.69) is 0 Å². The van der Waals surface area contributed by atoms with Crippen molar-refractivity contribution in [2.45, 2.75) is 18.1 Å². The van der Waals surface area contributed by atoms with Crippen LogP contribution in [0.2, 0.25) is 0 Å². The zero-order valence-corrected chi connectivity index (χ0v) is 22.9. The maximum atomic E-state index is 14.0. The highest BCUT2D eigenvalue weighted by Gasteiger charge is 2.39. The largest absolute Gasteiger partial charge is 0.496 e. The molecule has 0 N–H and O–H groups in total. The van der Waals surface area contributed by atoms with Crippen molar-refractivity contribution in [3.05, 3.63) is 95.8 Å². The van der Waals surface area contributed by atoms with Gasteiger partial charge in [-0.25, -0.2) is 9.07 Å². The lowest BCUT2D eigenvalue weighted by Crippen LogP contribution is -2.43. The summed E-state index contributed by atoms with van der Waals surface area (Å²) in [5.74, 6) is 0.745. The molecule has 40 heavy (non-hydrogen) atoms. The molecule has 1 saturated heterocycles. The second-order valence-corrected chi connectivity index (χ2v) is 10.9. The minimum absolute atomic E-state index is 0.0911. The van der Waals surface area contributed by atoms with Gasteiger partial charge in [-0.3, -0.25) is 14.5 Å². The van der Waals surface area contributed by atoms with Crippen molar-refractivity contribution in [1.82, 2.24) is 14.7 Å². The molecule has 0 spiro atoms. The summed E-state index contributed by atoms with van der Waals surface area (Å²) >= 11 is 1.49. The molecule has 0 unspecified atom stereocenters. The Kier molecular flexibility index (Phi) is 7.30. The number of para-hydroxylation sites is 1. The molecule has 1 aromatic heterocycles. The van der Waals surface area contributed by atoms with Crippen molar-refractivity contribution in [3.8, 4) is 22.7 Å². The van der Waals surface area contributed by atoms with Gasteiger partial charge in [0, 0.05) is 29.8 Å². The number of rotatable bonds is 6.